The van der Waals surface area contributed by atoms with Crippen LogP contribution in [0.25, 0.3) is 0 Å². The quantitative estimate of drug-likeness (QED) is 0.652. The van der Waals surface area contributed by atoms with Crippen molar-refractivity contribution in [3.8, 4) is 0 Å². The molecule has 0 saturated carbocycles. The Labute approximate surface area is 200 Å². The minimum absolute atomic E-state index is 0.0145. The Kier molecular flexibility index (Phi) is 7.67. The van der Waals surface area contributed by atoms with Crippen LogP contribution in [0.15, 0.2) is 28.0 Å². The highest BCUT2D eigenvalue weighted by atomic mass is 32.2. The summed E-state index contributed by atoms with van der Waals surface area (Å²) < 4.78 is 33.7. The van der Waals surface area contributed by atoms with Crippen molar-refractivity contribution in [3.63, 3.8) is 0 Å². The van der Waals surface area contributed by atoms with Gasteiger partial charge in [0.2, 0.25) is 21.8 Å². The number of sulfonamides is 1. The van der Waals surface area contributed by atoms with Gasteiger partial charge in [-0.25, -0.2) is 8.42 Å². The number of benzene rings is 1. The molecule has 2 saturated heterocycles. The zero-order valence-corrected chi connectivity index (χ0v) is 20.9. The molecule has 1 aromatic rings. The van der Waals surface area contributed by atoms with E-state index < -0.39 is 10.0 Å². The number of thioether (sulfide) groups is 1. The molecule has 0 spiro atoms. The first-order valence-corrected chi connectivity index (χ1v) is 14.1. The molecule has 4 rings (SSSR count). The van der Waals surface area contributed by atoms with Crippen molar-refractivity contribution in [3.05, 3.63) is 18.2 Å². The summed E-state index contributed by atoms with van der Waals surface area (Å²) in [6, 6.07) is 4.96. The lowest BCUT2D eigenvalue weighted by Gasteiger charge is -2.30. The first-order valence-electron chi connectivity index (χ1n) is 11.7. The molecular weight excluding hydrogens is 462 g/mol. The third kappa shape index (κ3) is 5.72. The Hall–Kier alpha value is -1.62. The number of rotatable bonds is 6. The van der Waals surface area contributed by atoms with Crippen LogP contribution in [-0.4, -0.2) is 68.7 Å². The fraction of sp³-hybridized carbons (Fsp3) is 0.652. The molecule has 2 unspecified atom stereocenters. The predicted molar refractivity (Wildman–Crippen MR) is 128 cm³/mol. The molecule has 2 amide bonds. The van der Waals surface area contributed by atoms with Crippen molar-refractivity contribution in [2.75, 3.05) is 37.7 Å². The Morgan fingerprint density at radius 1 is 1.21 bits per heavy atom. The van der Waals surface area contributed by atoms with Crippen molar-refractivity contribution >= 4 is 39.3 Å². The summed E-state index contributed by atoms with van der Waals surface area (Å²) in [6.45, 7) is 6.09. The van der Waals surface area contributed by atoms with Gasteiger partial charge in [-0.05, 0) is 49.8 Å². The Morgan fingerprint density at radius 2 is 1.97 bits per heavy atom. The van der Waals surface area contributed by atoms with Crippen molar-refractivity contribution in [1.82, 2.24) is 9.62 Å². The van der Waals surface area contributed by atoms with Gasteiger partial charge in [0.05, 0.1) is 16.7 Å². The Bertz CT molecular complexity index is 986. The van der Waals surface area contributed by atoms with Gasteiger partial charge in [0, 0.05) is 42.8 Å². The van der Waals surface area contributed by atoms with Gasteiger partial charge in [-0.2, -0.15) is 4.31 Å². The van der Waals surface area contributed by atoms with Gasteiger partial charge in [-0.3, -0.25) is 9.59 Å². The lowest BCUT2D eigenvalue weighted by Crippen LogP contribution is -2.43. The van der Waals surface area contributed by atoms with E-state index in [0.717, 1.165) is 30.6 Å². The molecule has 2 fully saturated rings. The molecule has 2 atom stereocenters. The highest BCUT2D eigenvalue weighted by Crippen LogP contribution is 2.39. The number of ether oxygens (including phenoxy) is 1. The zero-order valence-electron chi connectivity index (χ0n) is 19.3. The van der Waals surface area contributed by atoms with E-state index in [0.29, 0.717) is 37.8 Å². The Balaban J connectivity index is 1.57. The van der Waals surface area contributed by atoms with Crippen LogP contribution in [0, 0.1) is 5.92 Å². The van der Waals surface area contributed by atoms with Gasteiger partial charge in [-0.1, -0.05) is 13.8 Å². The van der Waals surface area contributed by atoms with Crippen LogP contribution in [0.3, 0.4) is 0 Å². The summed E-state index contributed by atoms with van der Waals surface area (Å²) >= 11 is 1.53. The van der Waals surface area contributed by atoms with E-state index in [1.54, 1.807) is 18.2 Å². The van der Waals surface area contributed by atoms with Gasteiger partial charge in [0.1, 0.15) is 6.54 Å². The molecule has 0 aromatic heterocycles. The number of nitrogens with one attached hydrogen (secondary N) is 1. The summed E-state index contributed by atoms with van der Waals surface area (Å²) in [5.74, 6) is 0.0626. The molecule has 3 aliphatic heterocycles. The fourth-order valence-electron chi connectivity index (χ4n) is 4.50. The maximum atomic E-state index is 13.3. The smallest absolute Gasteiger partial charge is 0.243 e. The summed E-state index contributed by atoms with van der Waals surface area (Å²) in [4.78, 5) is 28.1. The first-order chi connectivity index (χ1) is 15.7. The van der Waals surface area contributed by atoms with E-state index in [4.69, 9.17) is 4.74 Å². The number of nitrogens with zero attached hydrogens (tertiary/aromatic N) is 2. The van der Waals surface area contributed by atoms with Crippen LogP contribution < -0.4 is 10.2 Å². The van der Waals surface area contributed by atoms with E-state index in [2.05, 4.69) is 12.2 Å². The van der Waals surface area contributed by atoms with E-state index in [-0.39, 0.29) is 41.0 Å². The van der Waals surface area contributed by atoms with Gasteiger partial charge in [-0.15, -0.1) is 11.8 Å². The van der Waals surface area contributed by atoms with Gasteiger partial charge in [0.25, 0.3) is 0 Å². The van der Waals surface area contributed by atoms with Crippen LogP contribution in [0.2, 0.25) is 0 Å². The SMILES string of the molecule is CC1CCN(S(=O)(=O)c2ccc3c(c2)N(CC(=O)NCC2CCCO2)C(=O)CC(C)S3)CC1. The lowest BCUT2D eigenvalue weighted by molar-refractivity contribution is -0.124. The number of hydrogen-bond donors (Lipinski definition) is 1. The third-order valence-corrected chi connectivity index (χ3v) is 9.61. The van der Waals surface area contributed by atoms with Crippen molar-refractivity contribution in [1.29, 1.82) is 0 Å². The second-order valence-electron chi connectivity index (χ2n) is 9.27. The van der Waals surface area contributed by atoms with Crippen LogP contribution in [0.4, 0.5) is 5.69 Å². The molecule has 10 heteroatoms. The lowest BCUT2D eigenvalue weighted by atomic mass is 10.0. The van der Waals surface area contributed by atoms with E-state index in [1.807, 2.05) is 6.92 Å². The predicted octanol–water partition coefficient (Wildman–Crippen LogP) is 2.62. The van der Waals surface area contributed by atoms with E-state index in [9.17, 15) is 18.0 Å². The summed E-state index contributed by atoms with van der Waals surface area (Å²) in [6.07, 6.45) is 3.88. The van der Waals surface area contributed by atoms with Gasteiger partial charge >= 0.3 is 0 Å². The van der Waals surface area contributed by atoms with E-state index in [1.165, 1.54) is 21.0 Å². The molecule has 1 N–H and O–H groups in total. The van der Waals surface area contributed by atoms with Crippen LogP contribution in [0.1, 0.15) is 46.0 Å². The van der Waals surface area contributed by atoms with Crippen molar-refractivity contribution < 1.29 is 22.7 Å². The average molecular weight is 496 g/mol. The number of carbonyl (C=O) groups excluding carboxylic acids is 2. The summed E-state index contributed by atoms with van der Waals surface area (Å²) in [5.41, 5.74) is 0.494. The normalized spacial score (nSPS) is 25.0. The molecule has 3 aliphatic rings. The van der Waals surface area contributed by atoms with Crippen LogP contribution in [0.5, 0.6) is 0 Å². The van der Waals surface area contributed by atoms with Gasteiger partial charge < -0.3 is 15.0 Å². The maximum absolute atomic E-state index is 13.3. The molecule has 3 heterocycles. The molecule has 33 heavy (non-hydrogen) atoms. The number of amides is 2. The minimum Gasteiger partial charge on any atom is -0.376 e. The van der Waals surface area contributed by atoms with E-state index >= 15 is 0 Å². The third-order valence-electron chi connectivity index (χ3n) is 6.55. The van der Waals surface area contributed by atoms with Crippen molar-refractivity contribution in [2.45, 2.75) is 67.1 Å². The van der Waals surface area contributed by atoms with Crippen molar-refractivity contribution in [2.24, 2.45) is 5.92 Å². The molecular formula is C23H33N3O5S2. The summed E-state index contributed by atoms with van der Waals surface area (Å²) in [7, 11) is -3.67. The number of carbonyl (C=O) groups is 2. The second-order valence-corrected chi connectivity index (χ2v) is 12.7. The molecule has 0 aliphatic carbocycles. The highest BCUT2D eigenvalue weighted by Gasteiger charge is 2.32. The monoisotopic (exact) mass is 495 g/mol. The number of piperidine rings is 1. The zero-order chi connectivity index (χ0) is 23.6. The molecule has 0 bridgehead atoms. The average Bonchev–Trinajstić information content (AvgIpc) is 3.26. The number of fused-ring (bicyclic) bond motifs is 1. The topological polar surface area (TPSA) is 96.0 Å². The van der Waals surface area contributed by atoms with Crippen LogP contribution >= 0.6 is 11.8 Å². The molecule has 182 valence electrons. The fourth-order valence-corrected chi connectivity index (χ4v) is 7.08. The number of anilines is 1. The van der Waals surface area contributed by atoms with Gasteiger partial charge in [0.15, 0.2) is 0 Å². The standard InChI is InChI=1S/C23H33N3O5S2/c1-16-7-9-25(10-8-16)33(29,30)19-5-6-21-20(13-19)26(23(28)12-17(2)32-21)15-22(27)24-14-18-4-3-11-31-18/h5-6,13,16-18H,3-4,7-12,14-15H2,1-2H3,(H,24,27). The molecule has 8 nitrogen and oxygen atoms in total. The minimum atomic E-state index is -3.67. The maximum Gasteiger partial charge on any atom is 0.243 e. The molecule has 0 radical (unpaired) electrons. The summed E-state index contributed by atoms with van der Waals surface area (Å²) in [5, 5.41) is 2.89. The highest BCUT2D eigenvalue weighted by molar-refractivity contribution is 8.00. The Morgan fingerprint density at radius 3 is 2.67 bits per heavy atom. The first kappa shape index (κ1) is 24.5. The van der Waals surface area contributed by atoms with Crippen LogP contribution in [-0.2, 0) is 24.3 Å². The number of hydrogen-bond acceptors (Lipinski definition) is 6. The second kappa shape index (κ2) is 10.3. The molecule has 1 aromatic carbocycles. The largest absolute Gasteiger partial charge is 0.376 e.